The number of aromatic nitrogens is 1. The van der Waals surface area contributed by atoms with Crippen LogP contribution in [0.15, 0.2) is 28.6 Å². The highest BCUT2D eigenvalue weighted by Gasteiger charge is 2.12. The lowest BCUT2D eigenvalue weighted by Gasteiger charge is -2.15. The summed E-state index contributed by atoms with van der Waals surface area (Å²) in [7, 11) is 1.64. The fraction of sp³-hybridized carbons (Fsp3) is 0.474. The Kier molecular flexibility index (Phi) is 11.8. The van der Waals surface area contributed by atoms with Gasteiger partial charge in [0.2, 0.25) is 0 Å². The SMILES string of the molecule is CCCOc1ccc(CNC(=NC)NCc2csc(CC)n2)c(OC(F)F)c1.I. The molecule has 2 aromatic rings. The number of benzene rings is 1. The van der Waals surface area contributed by atoms with Crippen molar-refractivity contribution in [3.8, 4) is 11.5 Å². The molecule has 2 N–H and O–H groups in total. The molecule has 1 heterocycles. The third-order valence-corrected chi connectivity index (χ3v) is 4.78. The first-order chi connectivity index (χ1) is 13.5. The van der Waals surface area contributed by atoms with Crippen LogP contribution < -0.4 is 20.1 Å². The van der Waals surface area contributed by atoms with E-state index in [1.54, 1.807) is 30.5 Å². The number of rotatable bonds is 10. The molecule has 0 amide bonds. The molecule has 0 aliphatic rings. The van der Waals surface area contributed by atoms with Crippen molar-refractivity contribution in [2.24, 2.45) is 4.99 Å². The van der Waals surface area contributed by atoms with E-state index in [4.69, 9.17) is 4.74 Å². The Morgan fingerprint density at radius 1 is 1.24 bits per heavy atom. The minimum absolute atomic E-state index is 0. The van der Waals surface area contributed by atoms with Crippen LogP contribution in [0.1, 0.15) is 36.5 Å². The molecule has 1 aromatic carbocycles. The molecule has 0 atom stereocenters. The van der Waals surface area contributed by atoms with Gasteiger partial charge in [0.15, 0.2) is 5.96 Å². The van der Waals surface area contributed by atoms with Crippen LogP contribution in [-0.4, -0.2) is 31.2 Å². The molecule has 1 aromatic heterocycles. The lowest BCUT2D eigenvalue weighted by molar-refractivity contribution is -0.0505. The summed E-state index contributed by atoms with van der Waals surface area (Å²) in [5, 5.41) is 9.35. The van der Waals surface area contributed by atoms with Crippen LogP contribution >= 0.6 is 35.3 Å². The third kappa shape index (κ3) is 8.69. The molecule has 0 spiro atoms. The molecule has 0 saturated heterocycles. The number of hydrogen-bond donors (Lipinski definition) is 2. The summed E-state index contributed by atoms with van der Waals surface area (Å²) in [5.41, 5.74) is 1.51. The van der Waals surface area contributed by atoms with Crippen molar-refractivity contribution in [1.29, 1.82) is 0 Å². The number of guanidine groups is 1. The molecule has 0 aliphatic heterocycles. The molecule has 0 aliphatic carbocycles. The quantitative estimate of drug-likeness (QED) is 0.263. The number of aliphatic imine (C=N–C) groups is 1. The topological polar surface area (TPSA) is 67.8 Å². The lowest BCUT2D eigenvalue weighted by atomic mass is 10.2. The zero-order valence-corrected chi connectivity index (χ0v) is 19.9. The summed E-state index contributed by atoms with van der Waals surface area (Å²) in [6.45, 7) is 2.44. The summed E-state index contributed by atoms with van der Waals surface area (Å²) in [5.74, 6) is 1.12. The summed E-state index contributed by atoms with van der Waals surface area (Å²) in [6, 6.07) is 4.93. The minimum atomic E-state index is -2.91. The second-order valence-corrected chi connectivity index (χ2v) is 6.80. The van der Waals surface area contributed by atoms with Gasteiger partial charge in [-0.2, -0.15) is 8.78 Å². The fourth-order valence-corrected chi connectivity index (χ4v) is 3.11. The predicted octanol–water partition coefficient (Wildman–Crippen LogP) is 4.58. The van der Waals surface area contributed by atoms with Gasteiger partial charge in [0.05, 0.1) is 23.9 Å². The second kappa shape index (κ2) is 13.5. The molecule has 0 radical (unpaired) electrons. The van der Waals surface area contributed by atoms with Gasteiger partial charge in [0.1, 0.15) is 11.5 Å². The van der Waals surface area contributed by atoms with Crippen LogP contribution in [0.2, 0.25) is 0 Å². The van der Waals surface area contributed by atoms with Crippen LogP contribution in [0.4, 0.5) is 8.78 Å². The molecule has 0 bridgehead atoms. The average Bonchev–Trinajstić information content (AvgIpc) is 3.15. The Morgan fingerprint density at radius 2 is 2.00 bits per heavy atom. The van der Waals surface area contributed by atoms with E-state index in [2.05, 4.69) is 32.3 Å². The zero-order chi connectivity index (χ0) is 20.4. The maximum absolute atomic E-state index is 12.8. The van der Waals surface area contributed by atoms with Gasteiger partial charge in [0, 0.05) is 30.6 Å². The highest BCUT2D eigenvalue weighted by atomic mass is 127. The van der Waals surface area contributed by atoms with Gasteiger partial charge >= 0.3 is 6.61 Å². The van der Waals surface area contributed by atoms with E-state index < -0.39 is 6.61 Å². The Hall–Kier alpha value is -1.69. The van der Waals surface area contributed by atoms with Gasteiger partial charge in [-0.3, -0.25) is 4.99 Å². The molecule has 2 rings (SSSR count). The number of halogens is 3. The van der Waals surface area contributed by atoms with Crippen LogP contribution in [0.25, 0.3) is 0 Å². The fourth-order valence-electron chi connectivity index (χ4n) is 2.36. The van der Waals surface area contributed by atoms with Gasteiger partial charge in [-0.25, -0.2) is 4.98 Å². The Bertz CT molecular complexity index is 774. The van der Waals surface area contributed by atoms with Gasteiger partial charge in [-0.05, 0) is 25.0 Å². The number of alkyl halides is 2. The van der Waals surface area contributed by atoms with Gasteiger partial charge in [0.25, 0.3) is 0 Å². The minimum Gasteiger partial charge on any atom is -0.493 e. The van der Waals surface area contributed by atoms with Crippen molar-refractivity contribution < 1.29 is 18.3 Å². The molecule has 162 valence electrons. The Morgan fingerprint density at radius 3 is 2.62 bits per heavy atom. The van der Waals surface area contributed by atoms with E-state index in [0.29, 0.717) is 30.4 Å². The first-order valence-electron chi connectivity index (χ1n) is 9.14. The van der Waals surface area contributed by atoms with Crippen molar-refractivity contribution in [3.63, 3.8) is 0 Å². The number of ether oxygens (including phenoxy) is 2. The van der Waals surface area contributed by atoms with Crippen LogP contribution in [0.5, 0.6) is 11.5 Å². The van der Waals surface area contributed by atoms with E-state index in [1.807, 2.05) is 12.3 Å². The molecule has 0 fully saturated rings. The standard InChI is InChI=1S/C19H26F2N4O2S.HI/c1-4-8-26-15-7-6-13(16(9-15)27-18(20)21)10-23-19(22-3)24-11-14-12-28-17(5-2)25-14;/h6-7,9,12,18H,4-5,8,10-11H2,1-3H3,(H2,22,23,24);1H. The van der Waals surface area contributed by atoms with Gasteiger partial charge in [-0.1, -0.05) is 13.8 Å². The van der Waals surface area contributed by atoms with Gasteiger partial charge in [-0.15, -0.1) is 35.3 Å². The predicted molar refractivity (Wildman–Crippen MR) is 123 cm³/mol. The largest absolute Gasteiger partial charge is 0.493 e. The van der Waals surface area contributed by atoms with Crippen LogP contribution in [-0.2, 0) is 19.5 Å². The molecule has 29 heavy (non-hydrogen) atoms. The highest BCUT2D eigenvalue weighted by molar-refractivity contribution is 14.0. The number of thiazole rings is 1. The smallest absolute Gasteiger partial charge is 0.387 e. The van der Waals surface area contributed by atoms with Gasteiger partial charge < -0.3 is 20.1 Å². The van der Waals surface area contributed by atoms with Crippen molar-refractivity contribution in [2.45, 2.75) is 46.4 Å². The van der Waals surface area contributed by atoms with E-state index in [1.165, 1.54) is 6.07 Å². The van der Waals surface area contributed by atoms with Crippen molar-refractivity contribution >= 4 is 41.3 Å². The molecular formula is C19H27F2IN4O2S. The van der Waals surface area contributed by atoms with Crippen molar-refractivity contribution in [2.75, 3.05) is 13.7 Å². The third-order valence-electron chi connectivity index (χ3n) is 3.74. The summed E-state index contributed by atoms with van der Waals surface area (Å²) >= 11 is 1.62. The normalized spacial score (nSPS) is 11.2. The zero-order valence-electron chi connectivity index (χ0n) is 16.7. The molecule has 0 saturated carbocycles. The highest BCUT2D eigenvalue weighted by Crippen LogP contribution is 2.26. The van der Waals surface area contributed by atoms with E-state index in [9.17, 15) is 8.78 Å². The van der Waals surface area contributed by atoms with Crippen molar-refractivity contribution in [3.05, 3.63) is 39.8 Å². The lowest BCUT2D eigenvalue weighted by Crippen LogP contribution is -2.36. The molecular weight excluding hydrogens is 513 g/mol. The van der Waals surface area contributed by atoms with Crippen molar-refractivity contribution in [1.82, 2.24) is 15.6 Å². The van der Waals surface area contributed by atoms with E-state index >= 15 is 0 Å². The summed E-state index contributed by atoms with van der Waals surface area (Å²) < 4.78 is 35.7. The first kappa shape index (κ1) is 25.3. The number of nitrogens with zero attached hydrogens (tertiary/aromatic N) is 2. The number of aryl methyl sites for hydroxylation is 1. The number of nitrogens with one attached hydrogen (secondary N) is 2. The average molecular weight is 540 g/mol. The van der Waals surface area contributed by atoms with Crippen LogP contribution in [0, 0.1) is 0 Å². The first-order valence-corrected chi connectivity index (χ1v) is 10.0. The summed E-state index contributed by atoms with van der Waals surface area (Å²) in [4.78, 5) is 8.64. The van der Waals surface area contributed by atoms with E-state index in [-0.39, 0.29) is 36.3 Å². The second-order valence-electron chi connectivity index (χ2n) is 5.86. The number of hydrogen-bond acceptors (Lipinski definition) is 5. The molecule has 6 nitrogen and oxygen atoms in total. The monoisotopic (exact) mass is 540 g/mol. The summed E-state index contributed by atoms with van der Waals surface area (Å²) in [6.07, 6.45) is 1.73. The Labute approximate surface area is 191 Å². The molecule has 10 heteroatoms. The van der Waals surface area contributed by atoms with Crippen LogP contribution in [0.3, 0.4) is 0 Å². The molecule has 0 unspecified atom stereocenters. The maximum Gasteiger partial charge on any atom is 0.387 e. The Balaban J connectivity index is 0.00000420. The van der Waals surface area contributed by atoms with E-state index in [0.717, 1.165) is 23.5 Å². The maximum atomic E-state index is 12.8.